The first-order valence-electron chi connectivity index (χ1n) is 12.1. The van der Waals surface area contributed by atoms with Gasteiger partial charge < -0.3 is 9.57 Å². The first-order valence-corrected chi connectivity index (χ1v) is 12.1. The minimum absolute atomic E-state index is 0.0252. The maximum absolute atomic E-state index is 13.8. The highest BCUT2D eigenvalue weighted by Gasteiger charge is 2.35. The number of carbonyl (C=O) groups excluding carboxylic acids is 1. The Morgan fingerprint density at radius 2 is 1.86 bits per heavy atom. The predicted molar refractivity (Wildman–Crippen MR) is 127 cm³/mol. The molecule has 0 spiro atoms. The van der Waals surface area contributed by atoms with E-state index in [1.54, 1.807) is 12.1 Å². The van der Waals surface area contributed by atoms with E-state index >= 15 is 0 Å². The number of hydrogen-bond acceptors (Lipinski definition) is 5. The first-order chi connectivity index (χ1) is 16.8. The summed E-state index contributed by atoms with van der Waals surface area (Å²) in [6.07, 6.45) is 1.96. The number of nitrogens with zero attached hydrogens (tertiary/aromatic N) is 1. The lowest BCUT2D eigenvalue weighted by Gasteiger charge is -2.25. The Bertz CT molecular complexity index is 1060. The Hall–Kier alpha value is -2.87. The molecule has 2 aliphatic carbocycles. The second-order valence-electron chi connectivity index (χ2n) is 9.40. The van der Waals surface area contributed by atoms with E-state index in [1.165, 1.54) is 17.2 Å². The Labute approximate surface area is 203 Å². The van der Waals surface area contributed by atoms with Crippen LogP contribution in [-0.2, 0) is 40.0 Å². The van der Waals surface area contributed by atoms with E-state index in [1.807, 2.05) is 19.1 Å². The summed E-state index contributed by atoms with van der Waals surface area (Å²) in [6, 6.07) is 10.8. The van der Waals surface area contributed by atoms with Gasteiger partial charge in [0.05, 0.1) is 11.3 Å². The fourth-order valence-corrected chi connectivity index (χ4v) is 5.15. The van der Waals surface area contributed by atoms with Crippen LogP contribution in [0.5, 0.6) is 0 Å². The van der Waals surface area contributed by atoms with Gasteiger partial charge in [0.1, 0.15) is 13.3 Å². The van der Waals surface area contributed by atoms with Gasteiger partial charge in [-0.15, -0.1) is 0 Å². The number of carbonyl (C=O) groups is 1. The molecular formula is C27H31F3N2O3. The van der Waals surface area contributed by atoms with Crippen LogP contribution in [0.15, 0.2) is 41.6 Å². The summed E-state index contributed by atoms with van der Waals surface area (Å²) >= 11 is 0. The summed E-state index contributed by atoms with van der Waals surface area (Å²) in [7, 11) is 0. The van der Waals surface area contributed by atoms with Gasteiger partial charge >= 0.3 is 6.18 Å². The fraction of sp³-hybridized carbons (Fsp3) is 0.481. The zero-order chi connectivity index (χ0) is 24.8. The minimum atomic E-state index is -4.39. The van der Waals surface area contributed by atoms with Gasteiger partial charge in [0.2, 0.25) is 0 Å². The molecule has 1 atom stereocenters. The van der Waals surface area contributed by atoms with E-state index in [0.717, 1.165) is 50.5 Å². The van der Waals surface area contributed by atoms with Crippen LogP contribution in [0.4, 0.5) is 13.2 Å². The molecule has 1 saturated carbocycles. The number of rotatable bonds is 9. The van der Waals surface area contributed by atoms with Gasteiger partial charge in [0.15, 0.2) is 0 Å². The normalized spacial score (nSPS) is 18.9. The molecule has 5 nitrogen and oxygen atoms in total. The lowest BCUT2D eigenvalue weighted by Crippen LogP contribution is -2.31. The van der Waals surface area contributed by atoms with Gasteiger partial charge in [0.25, 0.3) is 6.47 Å². The maximum atomic E-state index is 13.8. The summed E-state index contributed by atoms with van der Waals surface area (Å²) in [5.41, 5.74) is 4.28. The fourth-order valence-electron chi connectivity index (χ4n) is 5.15. The number of hydrogen-bond donors (Lipinski definition) is 1. The number of halogens is 3. The maximum Gasteiger partial charge on any atom is 0.416 e. The van der Waals surface area contributed by atoms with Crippen LogP contribution >= 0.6 is 0 Å². The molecule has 0 radical (unpaired) electrons. The molecule has 1 N–H and O–H groups in total. The third kappa shape index (κ3) is 6.42. The number of ether oxygens (including phenoxy) is 1. The lowest BCUT2D eigenvalue weighted by atomic mass is 9.81. The number of oxime groups is 1. The monoisotopic (exact) mass is 488 g/mol. The lowest BCUT2D eigenvalue weighted by molar-refractivity contribution is -0.138. The van der Waals surface area contributed by atoms with Crippen molar-refractivity contribution in [2.75, 3.05) is 6.73 Å². The van der Waals surface area contributed by atoms with Crippen LogP contribution in [0, 0.1) is 0 Å². The number of alkyl halides is 3. The zero-order valence-electron chi connectivity index (χ0n) is 19.9. The SMILES string of the molecule is C/C(=N\OCc1ccc(C2CCCCC2)c(C(F)(F)F)c1)c1ccc2c(c1)CC(NCOC=O)C2. The molecule has 0 aliphatic heterocycles. The van der Waals surface area contributed by atoms with E-state index in [-0.39, 0.29) is 25.3 Å². The molecule has 2 aliphatic rings. The summed E-state index contributed by atoms with van der Waals surface area (Å²) in [5, 5.41) is 7.34. The molecule has 0 amide bonds. The summed E-state index contributed by atoms with van der Waals surface area (Å²) < 4.78 is 46.1. The van der Waals surface area contributed by atoms with Gasteiger partial charge in [-0.3, -0.25) is 10.1 Å². The molecule has 1 fully saturated rings. The molecule has 35 heavy (non-hydrogen) atoms. The predicted octanol–water partition coefficient (Wildman–Crippen LogP) is 5.88. The minimum Gasteiger partial charge on any atom is -0.452 e. The van der Waals surface area contributed by atoms with Gasteiger partial charge in [-0.2, -0.15) is 13.2 Å². The van der Waals surface area contributed by atoms with Gasteiger partial charge in [0, 0.05) is 6.04 Å². The van der Waals surface area contributed by atoms with Crippen LogP contribution in [0.2, 0.25) is 0 Å². The Morgan fingerprint density at radius 1 is 1.09 bits per heavy atom. The topological polar surface area (TPSA) is 59.9 Å². The highest BCUT2D eigenvalue weighted by Crippen LogP contribution is 2.41. The van der Waals surface area contributed by atoms with Crippen molar-refractivity contribution in [1.29, 1.82) is 0 Å². The molecule has 0 saturated heterocycles. The highest BCUT2D eigenvalue weighted by molar-refractivity contribution is 5.98. The highest BCUT2D eigenvalue weighted by atomic mass is 19.4. The molecular weight excluding hydrogens is 457 g/mol. The Morgan fingerprint density at radius 3 is 2.60 bits per heavy atom. The third-order valence-corrected chi connectivity index (χ3v) is 6.98. The van der Waals surface area contributed by atoms with Crippen molar-refractivity contribution in [2.45, 2.75) is 76.6 Å². The van der Waals surface area contributed by atoms with Crippen molar-refractivity contribution < 1.29 is 27.5 Å². The molecule has 0 heterocycles. The van der Waals surface area contributed by atoms with Crippen LogP contribution in [0.3, 0.4) is 0 Å². The summed E-state index contributed by atoms with van der Waals surface area (Å²) in [5.74, 6) is -0.0252. The molecule has 0 bridgehead atoms. The Kier molecular flexibility index (Phi) is 8.11. The van der Waals surface area contributed by atoms with Crippen molar-refractivity contribution in [3.8, 4) is 0 Å². The molecule has 2 aromatic carbocycles. The van der Waals surface area contributed by atoms with E-state index < -0.39 is 11.7 Å². The van der Waals surface area contributed by atoms with E-state index in [2.05, 4.69) is 16.5 Å². The van der Waals surface area contributed by atoms with Gasteiger partial charge in [-0.1, -0.05) is 48.7 Å². The number of benzene rings is 2. The standard InChI is InChI=1S/C27H31F3N2O3/c1-18(21-8-9-22-13-24(14-23(22)12-21)31-16-34-17-33)32-35-15-19-7-10-25(20-5-3-2-4-6-20)26(11-19)27(28,29)30/h7-12,17,20,24,31H,2-6,13-16H2,1H3/b32-18+. The Balaban J connectivity index is 1.39. The van der Waals surface area contributed by atoms with Crippen molar-refractivity contribution in [3.05, 3.63) is 69.8 Å². The molecule has 188 valence electrons. The van der Waals surface area contributed by atoms with E-state index in [4.69, 9.17) is 9.57 Å². The van der Waals surface area contributed by atoms with Crippen LogP contribution in [0.1, 0.15) is 78.3 Å². The third-order valence-electron chi connectivity index (χ3n) is 6.98. The molecule has 1 unspecified atom stereocenters. The van der Waals surface area contributed by atoms with E-state index in [9.17, 15) is 18.0 Å². The van der Waals surface area contributed by atoms with Crippen molar-refractivity contribution >= 4 is 12.2 Å². The smallest absolute Gasteiger partial charge is 0.416 e. The van der Waals surface area contributed by atoms with Crippen molar-refractivity contribution in [1.82, 2.24) is 5.32 Å². The average Bonchev–Trinajstić information content (AvgIpc) is 3.26. The summed E-state index contributed by atoms with van der Waals surface area (Å²) in [6.45, 7) is 2.39. The zero-order valence-corrected chi connectivity index (χ0v) is 19.9. The number of nitrogens with one attached hydrogen (secondary N) is 1. The summed E-state index contributed by atoms with van der Waals surface area (Å²) in [4.78, 5) is 15.8. The van der Waals surface area contributed by atoms with Crippen molar-refractivity contribution in [2.24, 2.45) is 5.16 Å². The van der Waals surface area contributed by atoms with Crippen molar-refractivity contribution in [3.63, 3.8) is 0 Å². The van der Waals surface area contributed by atoms with Crippen LogP contribution in [0.25, 0.3) is 0 Å². The second kappa shape index (κ2) is 11.2. The number of fused-ring (bicyclic) bond motifs is 1. The van der Waals surface area contributed by atoms with E-state index in [0.29, 0.717) is 23.3 Å². The molecule has 8 heteroatoms. The second-order valence-corrected chi connectivity index (χ2v) is 9.40. The molecule has 2 aromatic rings. The van der Waals surface area contributed by atoms with Crippen LogP contribution < -0.4 is 5.32 Å². The average molecular weight is 489 g/mol. The quantitative estimate of drug-likeness (QED) is 0.157. The first kappa shape index (κ1) is 25.2. The van der Waals surface area contributed by atoms with Gasteiger partial charge in [-0.05, 0) is 78.5 Å². The largest absolute Gasteiger partial charge is 0.452 e. The molecule has 4 rings (SSSR count). The molecule has 0 aromatic heterocycles. The van der Waals surface area contributed by atoms with Gasteiger partial charge in [-0.25, -0.2) is 0 Å². The van der Waals surface area contributed by atoms with Crippen LogP contribution in [-0.4, -0.2) is 25.0 Å².